The highest BCUT2D eigenvalue weighted by atomic mass is 16.4. The van der Waals surface area contributed by atoms with Crippen LogP contribution in [-0.2, 0) is 12.1 Å². The Kier molecular flexibility index (Phi) is 6.70. The fourth-order valence-electron chi connectivity index (χ4n) is 5.58. The van der Waals surface area contributed by atoms with Gasteiger partial charge in [0.25, 0.3) is 5.91 Å². The zero-order chi connectivity index (χ0) is 28.7. The van der Waals surface area contributed by atoms with E-state index in [-0.39, 0.29) is 17.0 Å². The number of aryl methyl sites for hydroxylation is 1. The van der Waals surface area contributed by atoms with Gasteiger partial charge in [0.15, 0.2) is 0 Å². The van der Waals surface area contributed by atoms with Gasteiger partial charge in [-0.1, -0.05) is 80.6 Å². The van der Waals surface area contributed by atoms with Gasteiger partial charge >= 0.3 is 5.97 Å². The molecule has 2 N–H and O–H groups in total. The zero-order valence-corrected chi connectivity index (χ0v) is 23.5. The molecule has 1 heterocycles. The summed E-state index contributed by atoms with van der Waals surface area (Å²) in [6, 6.07) is 29.3. The monoisotopic (exact) mass is 543 g/mol. The number of nitrogens with zero attached hydrogens (tertiary/aromatic N) is 2. The van der Waals surface area contributed by atoms with Crippen LogP contribution in [0, 0.1) is 6.92 Å². The minimum Gasteiger partial charge on any atom is -0.478 e. The predicted molar refractivity (Wildman–Crippen MR) is 161 cm³/mol. The van der Waals surface area contributed by atoms with Crippen LogP contribution in [0.15, 0.2) is 91.0 Å². The average Bonchev–Trinajstić information content (AvgIpc) is 3.70. The lowest BCUT2D eigenvalue weighted by Crippen LogP contribution is -2.34. The van der Waals surface area contributed by atoms with E-state index in [2.05, 4.69) is 43.4 Å². The van der Waals surface area contributed by atoms with Crippen molar-refractivity contribution >= 4 is 22.8 Å². The molecule has 1 aromatic heterocycles. The van der Waals surface area contributed by atoms with E-state index >= 15 is 0 Å². The van der Waals surface area contributed by atoms with E-state index in [1.54, 1.807) is 12.1 Å². The number of carboxylic acids is 1. The van der Waals surface area contributed by atoms with Crippen molar-refractivity contribution in [2.45, 2.75) is 51.6 Å². The topological polar surface area (TPSA) is 84.2 Å². The molecule has 0 spiro atoms. The third kappa shape index (κ3) is 5.13. The summed E-state index contributed by atoms with van der Waals surface area (Å²) in [5, 5.41) is 18.6. The largest absolute Gasteiger partial charge is 0.478 e. The first kappa shape index (κ1) is 26.5. The van der Waals surface area contributed by atoms with E-state index in [1.165, 1.54) is 11.1 Å². The van der Waals surface area contributed by atoms with Crippen LogP contribution in [0.3, 0.4) is 0 Å². The normalized spacial score (nSPS) is 13.9. The highest BCUT2D eigenvalue weighted by Crippen LogP contribution is 2.46. The van der Waals surface area contributed by atoms with Crippen LogP contribution in [0.5, 0.6) is 0 Å². The molecule has 6 heteroatoms. The number of hydrogen-bond acceptors (Lipinski definition) is 3. The lowest BCUT2D eigenvalue weighted by Gasteiger charge is -2.20. The minimum absolute atomic E-state index is 0.0660. The molecule has 6 nitrogen and oxygen atoms in total. The summed E-state index contributed by atoms with van der Waals surface area (Å²) in [6.07, 6.45) is 1.89. The van der Waals surface area contributed by atoms with Crippen molar-refractivity contribution in [3.05, 3.63) is 125 Å². The number of benzene rings is 4. The molecule has 1 aliphatic carbocycles. The molecule has 1 fully saturated rings. The first-order valence-electron chi connectivity index (χ1n) is 14.1. The minimum atomic E-state index is -0.941. The van der Waals surface area contributed by atoms with Crippen molar-refractivity contribution in [2.24, 2.45) is 0 Å². The highest BCUT2D eigenvalue weighted by Gasteiger charge is 2.45. The van der Waals surface area contributed by atoms with Gasteiger partial charge in [0.05, 0.1) is 28.9 Å². The molecule has 0 radical (unpaired) electrons. The maximum Gasteiger partial charge on any atom is 0.336 e. The average molecular weight is 544 g/mol. The van der Waals surface area contributed by atoms with E-state index in [0.29, 0.717) is 23.6 Å². The fourth-order valence-corrected chi connectivity index (χ4v) is 5.58. The SMILES string of the molecule is Cc1nn(Cc2ccc(-c3ccccc3C(=O)O)cc2)c2ccc(C(=O)NC3(c4cccc(C(C)C)c4)CC3)cc12. The molecule has 1 amide bonds. The van der Waals surface area contributed by atoms with Crippen molar-refractivity contribution < 1.29 is 14.7 Å². The van der Waals surface area contributed by atoms with Crippen LogP contribution in [0.2, 0.25) is 0 Å². The van der Waals surface area contributed by atoms with Gasteiger partial charge in [0, 0.05) is 10.9 Å². The number of amides is 1. The van der Waals surface area contributed by atoms with Crippen LogP contribution in [-0.4, -0.2) is 26.8 Å². The van der Waals surface area contributed by atoms with Crippen LogP contribution in [0.25, 0.3) is 22.0 Å². The summed E-state index contributed by atoms with van der Waals surface area (Å²) in [5.74, 6) is -0.567. The van der Waals surface area contributed by atoms with Crippen LogP contribution >= 0.6 is 0 Å². The maximum absolute atomic E-state index is 13.4. The van der Waals surface area contributed by atoms with Gasteiger partial charge in [-0.15, -0.1) is 0 Å². The molecule has 6 rings (SSSR count). The smallest absolute Gasteiger partial charge is 0.336 e. The Balaban J connectivity index is 1.21. The van der Waals surface area contributed by atoms with Crippen LogP contribution in [0.1, 0.15) is 75.7 Å². The van der Waals surface area contributed by atoms with Gasteiger partial charge in [-0.3, -0.25) is 9.48 Å². The van der Waals surface area contributed by atoms with E-state index in [0.717, 1.165) is 40.6 Å². The molecule has 206 valence electrons. The van der Waals surface area contributed by atoms with Crippen molar-refractivity contribution in [3.8, 4) is 11.1 Å². The molecule has 1 saturated carbocycles. The van der Waals surface area contributed by atoms with Crippen molar-refractivity contribution in [1.82, 2.24) is 15.1 Å². The molecule has 0 saturated heterocycles. The molecule has 5 aromatic rings. The molecular formula is C35H33N3O3. The first-order chi connectivity index (χ1) is 19.7. The number of carbonyl (C=O) groups is 2. The second-order valence-corrected chi connectivity index (χ2v) is 11.3. The van der Waals surface area contributed by atoms with E-state index in [4.69, 9.17) is 5.10 Å². The Bertz CT molecular complexity index is 1780. The summed E-state index contributed by atoms with van der Waals surface area (Å²) in [7, 11) is 0. The molecule has 4 aromatic carbocycles. The van der Waals surface area contributed by atoms with E-state index in [9.17, 15) is 14.7 Å². The predicted octanol–water partition coefficient (Wildman–Crippen LogP) is 7.30. The number of carboxylic acid groups (broad SMARTS) is 1. The number of rotatable bonds is 8. The summed E-state index contributed by atoms with van der Waals surface area (Å²) < 4.78 is 1.95. The van der Waals surface area contributed by atoms with Crippen molar-refractivity contribution in [3.63, 3.8) is 0 Å². The van der Waals surface area contributed by atoms with Gasteiger partial charge in [0.2, 0.25) is 0 Å². The molecular weight excluding hydrogens is 510 g/mol. The third-order valence-electron chi connectivity index (χ3n) is 8.16. The highest BCUT2D eigenvalue weighted by molar-refractivity contribution is 5.99. The van der Waals surface area contributed by atoms with E-state index in [1.807, 2.05) is 66.2 Å². The van der Waals surface area contributed by atoms with Gasteiger partial charge in [-0.25, -0.2) is 4.79 Å². The lowest BCUT2D eigenvalue weighted by molar-refractivity contribution is 0.0697. The molecule has 0 unspecified atom stereocenters. The van der Waals surface area contributed by atoms with Crippen LogP contribution < -0.4 is 5.32 Å². The number of aromatic carboxylic acids is 1. The van der Waals surface area contributed by atoms with Crippen molar-refractivity contribution in [2.75, 3.05) is 0 Å². The third-order valence-corrected chi connectivity index (χ3v) is 8.16. The molecule has 0 atom stereocenters. The summed E-state index contributed by atoms with van der Waals surface area (Å²) in [4.78, 5) is 25.0. The van der Waals surface area contributed by atoms with Gasteiger partial charge in [0.1, 0.15) is 0 Å². The second kappa shape index (κ2) is 10.4. The zero-order valence-electron chi connectivity index (χ0n) is 23.5. The Morgan fingerprint density at radius 2 is 1.71 bits per heavy atom. The molecule has 41 heavy (non-hydrogen) atoms. The van der Waals surface area contributed by atoms with Crippen molar-refractivity contribution in [1.29, 1.82) is 0 Å². The van der Waals surface area contributed by atoms with Crippen LogP contribution in [0.4, 0.5) is 0 Å². The Morgan fingerprint density at radius 1 is 0.951 bits per heavy atom. The number of aromatic nitrogens is 2. The van der Waals surface area contributed by atoms with Gasteiger partial charge in [-0.2, -0.15) is 5.10 Å². The number of nitrogens with one attached hydrogen (secondary N) is 1. The lowest BCUT2D eigenvalue weighted by atomic mass is 9.96. The maximum atomic E-state index is 13.4. The van der Waals surface area contributed by atoms with Gasteiger partial charge in [-0.05, 0) is 77.8 Å². The first-order valence-corrected chi connectivity index (χ1v) is 14.1. The number of hydrogen-bond donors (Lipinski definition) is 2. The Morgan fingerprint density at radius 3 is 2.41 bits per heavy atom. The summed E-state index contributed by atoms with van der Waals surface area (Å²) in [6.45, 7) is 6.90. The standard InChI is InChI=1S/C35H33N3O3/c1-22(2)26-7-6-8-28(19-26)35(17-18-35)36-33(39)27-15-16-32-31(20-27)23(3)37-38(32)21-24-11-13-25(14-12-24)29-9-4-5-10-30(29)34(40)41/h4-16,19-20,22H,17-18,21H2,1-3H3,(H,36,39)(H,40,41). The molecule has 1 aliphatic rings. The number of carbonyl (C=O) groups excluding carboxylic acids is 1. The summed E-state index contributed by atoms with van der Waals surface area (Å²) in [5.41, 5.74) is 7.52. The molecule has 0 bridgehead atoms. The fraction of sp³-hybridized carbons (Fsp3) is 0.229. The number of fused-ring (bicyclic) bond motifs is 1. The van der Waals surface area contributed by atoms with Gasteiger partial charge < -0.3 is 10.4 Å². The quantitative estimate of drug-likeness (QED) is 0.215. The Hall–Kier alpha value is -4.71. The second-order valence-electron chi connectivity index (χ2n) is 11.3. The van der Waals surface area contributed by atoms with E-state index < -0.39 is 5.97 Å². The Labute approximate surface area is 239 Å². The molecule has 0 aliphatic heterocycles. The summed E-state index contributed by atoms with van der Waals surface area (Å²) >= 11 is 0.